The Morgan fingerprint density at radius 2 is 1.68 bits per heavy atom. The molecule has 0 aliphatic carbocycles. The van der Waals surface area contributed by atoms with Crippen LogP contribution < -0.4 is 4.73 Å². The summed E-state index contributed by atoms with van der Waals surface area (Å²) in [6.07, 6.45) is 0. The fourth-order valence-electron chi connectivity index (χ4n) is 2.05. The van der Waals surface area contributed by atoms with Crippen molar-refractivity contribution in [2.24, 2.45) is 0 Å². The minimum absolute atomic E-state index is 0.139. The molecule has 0 N–H and O–H groups in total. The van der Waals surface area contributed by atoms with Gasteiger partial charge in [-0.3, -0.25) is 0 Å². The first-order valence-corrected chi connectivity index (χ1v) is 5.79. The zero-order valence-corrected chi connectivity index (χ0v) is 9.95. The molecule has 4 nitrogen and oxygen atoms in total. The molecule has 0 amide bonds. The molecular formula is C15H9N3O. The number of hydrogen-bond donors (Lipinski definition) is 0. The molecule has 0 aliphatic rings. The lowest BCUT2D eigenvalue weighted by Gasteiger charge is -2.08. The topological polar surface area (TPSA) is 63.6 Å². The first-order chi connectivity index (χ1) is 9.31. The summed E-state index contributed by atoms with van der Waals surface area (Å²) in [5, 5.41) is 21.6. The second-order valence-corrected chi connectivity index (χ2v) is 4.07. The average molecular weight is 247 g/mol. The Balaban J connectivity index is 2.41. The summed E-state index contributed by atoms with van der Waals surface area (Å²) in [4.78, 5) is 4.25. The standard InChI is InChI=1S/C15H9N3O/c16-10-13-15(11-6-2-1-3-7-11)18(19)14-9-5-4-8-12(14)17-13/h1-9H. The number of hydrogen-bond acceptors (Lipinski definition) is 3. The molecule has 0 fully saturated rings. The normalized spacial score (nSPS) is 10.3. The Morgan fingerprint density at radius 3 is 2.42 bits per heavy atom. The van der Waals surface area contributed by atoms with Gasteiger partial charge in [0, 0.05) is 6.07 Å². The molecular weight excluding hydrogens is 238 g/mol. The third kappa shape index (κ3) is 1.78. The smallest absolute Gasteiger partial charge is 0.261 e. The van der Waals surface area contributed by atoms with Crippen molar-refractivity contribution in [1.82, 2.24) is 4.98 Å². The first kappa shape index (κ1) is 11.2. The number of nitrogens with zero attached hydrogens (tertiary/aromatic N) is 3. The van der Waals surface area contributed by atoms with Crippen LogP contribution in [-0.4, -0.2) is 4.98 Å². The molecule has 19 heavy (non-hydrogen) atoms. The van der Waals surface area contributed by atoms with Crippen molar-refractivity contribution in [3.05, 3.63) is 65.5 Å². The van der Waals surface area contributed by atoms with E-state index in [0.29, 0.717) is 22.3 Å². The van der Waals surface area contributed by atoms with Crippen LogP contribution in [-0.2, 0) is 0 Å². The van der Waals surface area contributed by atoms with E-state index in [9.17, 15) is 10.5 Å². The second-order valence-electron chi connectivity index (χ2n) is 4.07. The van der Waals surface area contributed by atoms with Crippen LogP contribution in [0.2, 0.25) is 0 Å². The van der Waals surface area contributed by atoms with Gasteiger partial charge in [0.25, 0.3) is 5.69 Å². The van der Waals surface area contributed by atoms with Gasteiger partial charge in [-0.05, 0) is 18.2 Å². The molecule has 0 saturated carbocycles. The summed E-state index contributed by atoms with van der Waals surface area (Å²) >= 11 is 0. The average Bonchev–Trinajstić information content (AvgIpc) is 2.48. The van der Waals surface area contributed by atoms with Crippen molar-refractivity contribution >= 4 is 11.0 Å². The van der Waals surface area contributed by atoms with E-state index in [2.05, 4.69) is 4.98 Å². The highest BCUT2D eigenvalue weighted by molar-refractivity contribution is 5.75. The van der Waals surface area contributed by atoms with Crippen LogP contribution in [0.4, 0.5) is 0 Å². The van der Waals surface area contributed by atoms with Crippen molar-refractivity contribution in [2.45, 2.75) is 0 Å². The van der Waals surface area contributed by atoms with Crippen LogP contribution in [0.1, 0.15) is 5.69 Å². The Morgan fingerprint density at radius 1 is 1.00 bits per heavy atom. The van der Waals surface area contributed by atoms with E-state index in [0.717, 1.165) is 4.73 Å². The lowest BCUT2D eigenvalue weighted by atomic mass is 10.1. The van der Waals surface area contributed by atoms with Crippen LogP contribution in [0.25, 0.3) is 22.3 Å². The van der Waals surface area contributed by atoms with Crippen LogP contribution in [0.3, 0.4) is 0 Å². The summed E-state index contributed by atoms with van der Waals surface area (Å²) in [5.74, 6) is 0. The molecule has 3 aromatic rings. The minimum Gasteiger partial charge on any atom is -0.618 e. The molecule has 1 heterocycles. The van der Waals surface area contributed by atoms with Crippen LogP contribution in [0, 0.1) is 16.5 Å². The molecule has 4 heteroatoms. The predicted molar refractivity (Wildman–Crippen MR) is 70.9 cm³/mol. The number of nitriles is 1. The summed E-state index contributed by atoms with van der Waals surface area (Å²) in [6, 6.07) is 18.1. The van der Waals surface area contributed by atoms with E-state index in [1.165, 1.54) is 0 Å². The SMILES string of the molecule is N#Cc1nc2ccccc2[n+]([O-])c1-c1ccccc1. The van der Waals surface area contributed by atoms with Crippen LogP contribution in [0.5, 0.6) is 0 Å². The van der Waals surface area contributed by atoms with E-state index in [1.807, 2.05) is 24.3 Å². The fourth-order valence-corrected chi connectivity index (χ4v) is 2.05. The number of rotatable bonds is 1. The van der Waals surface area contributed by atoms with E-state index in [4.69, 9.17) is 0 Å². The Labute approximate surface area is 109 Å². The molecule has 90 valence electrons. The van der Waals surface area contributed by atoms with Gasteiger partial charge >= 0.3 is 0 Å². The number of fused-ring (bicyclic) bond motifs is 1. The van der Waals surface area contributed by atoms with Crippen molar-refractivity contribution in [3.63, 3.8) is 0 Å². The summed E-state index contributed by atoms with van der Waals surface area (Å²) < 4.78 is 0.774. The van der Waals surface area contributed by atoms with Crippen molar-refractivity contribution in [2.75, 3.05) is 0 Å². The maximum atomic E-state index is 12.4. The zero-order valence-electron chi connectivity index (χ0n) is 9.95. The first-order valence-electron chi connectivity index (χ1n) is 5.79. The maximum Gasteiger partial charge on any atom is 0.261 e. The van der Waals surface area contributed by atoms with E-state index in [1.54, 1.807) is 36.4 Å². The highest BCUT2D eigenvalue weighted by Gasteiger charge is 2.20. The number of para-hydroxylation sites is 2. The van der Waals surface area contributed by atoms with E-state index >= 15 is 0 Å². The molecule has 0 radical (unpaired) electrons. The molecule has 0 bridgehead atoms. The Hall–Kier alpha value is -2.93. The lowest BCUT2D eigenvalue weighted by Crippen LogP contribution is -2.32. The molecule has 2 aromatic carbocycles. The van der Waals surface area contributed by atoms with Gasteiger partial charge in [-0.25, -0.2) is 4.98 Å². The van der Waals surface area contributed by atoms with Crippen LogP contribution in [0.15, 0.2) is 54.6 Å². The van der Waals surface area contributed by atoms with Crippen molar-refractivity contribution < 1.29 is 4.73 Å². The molecule has 0 unspecified atom stereocenters. The lowest BCUT2D eigenvalue weighted by molar-refractivity contribution is -0.565. The van der Waals surface area contributed by atoms with Gasteiger partial charge in [0.15, 0.2) is 0 Å². The fraction of sp³-hybridized carbons (Fsp3) is 0. The van der Waals surface area contributed by atoms with Crippen molar-refractivity contribution in [3.8, 4) is 17.3 Å². The van der Waals surface area contributed by atoms with E-state index in [-0.39, 0.29) is 5.69 Å². The Kier molecular flexibility index (Phi) is 2.58. The maximum absolute atomic E-state index is 12.4. The third-order valence-corrected chi connectivity index (χ3v) is 2.91. The highest BCUT2D eigenvalue weighted by atomic mass is 16.5. The number of benzene rings is 2. The summed E-state index contributed by atoms with van der Waals surface area (Å²) in [5.41, 5.74) is 2.10. The molecule has 3 rings (SSSR count). The predicted octanol–water partition coefficient (Wildman–Crippen LogP) is 2.41. The molecule has 0 saturated heterocycles. The largest absolute Gasteiger partial charge is 0.618 e. The highest BCUT2D eigenvalue weighted by Crippen LogP contribution is 2.20. The van der Waals surface area contributed by atoms with E-state index < -0.39 is 0 Å². The van der Waals surface area contributed by atoms with Crippen molar-refractivity contribution in [1.29, 1.82) is 5.26 Å². The Bertz CT molecular complexity index is 792. The minimum atomic E-state index is 0.139. The zero-order chi connectivity index (χ0) is 13.2. The van der Waals surface area contributed by atoms with Gasteiger partial charge in [-0.1, -0.05) is 30.3 Å². The monoisotopic (exact) mass is 247 g/mol. The molecule has 0 atom stereocenters. The van der Waals surface area contributed by atoms with Gasteiger partial charge in [-0.15, -0.1) is 0 Å². The van der Waals surface area contributed by atoms with Gasteiger partial charge in [0.2, 0.25) is 11.2 Å². The van der Waals surface area contributed by atoms with Gasteiger partial charge < -0.3 is 5.21 Å². The van der Waals surface area contributed by atoms with Gasteiger partial charge in [0.05, 0.1) is 5.56 Å². The summed E-state index contributed by atoms with van der Waals surface area (Å²) in [7, 11) is 0. The van der Waals surface area contributed by atoms with Crippen LogP contribution >= 0.6 is 0 Å². The number of aromatic nitrogens is 2. The van der Waals surface area contributed by atoms with Gasteiger partial charge in [0.1, 0.15) is 11.6 Å². The summed E-state index contributed by atoms with van der Waals surface area (Å²) in [6.45, 7) is 0. The third-order valence-electron chi connectivity index (χ3n) is 2.91. The quantitative estimate of drug-likeness (QED) is 0.490. The van der Waals surface area contributed by atoms with Gasteiger partial charge in [-0.2, -0.15) is 9.99 Å². The molecule has 0 aliphatic heterocycles. The molecule has 1 aromatic heterocycles. The second kappa shape index (κ2) is 4.39. The molecule has 0 spiro atoms.